The molecule has 0 spiro atoms. The summed E-state index contributed by atoms with van der Waals surface area (Å²) in [5, 5.41) is 0. The van der Waals surface area contributed by atoms with Gasteiger partial charge in [0.25, 0.3) is 0 Å². The standard InChI is InChI=1S/C15H19F3N4O/c16-15(17,18)14-3-1-11(14)9-22(10-14)13-19-4-2-12(20-13)21-5-7-23-8-6-21/h2,4,11H,1,3,5-10H2/t11-,14-/m0/s1. The lowest BCUT2D eigenvalue weighted by molar-refractivity contribution is -0.258. The Balaban J connectivity index is 1.55. The Morgan fingerprint density at radius 2 is 2.00 bits per heavy atom. The van der Waals surface area contributed by atoms with Crippen molar-refractivity contribution >= 4 is 11.8 Å². The smallest absolute Gasteiger partial charge is 0.378 e. The number of hydrogen-bond acceptors (Lipinski definition) is 5. The van der Waals surface area contributed by atoms with Crippen LogP contribution in [0.15, 0.2) is 12.3 Å². The minimum Gasteiger partial charge on any atom is -0.378 e. The maximum absolute atomic E-state index is 13.4. The highest BCUT2D eigenvalue weighted by Gasteiger charge is 2.67. The largest absolute Gasteiger partial charge is 0.396 e. The van der Waals surface area contributed by atoms with Gasteiger partial charge in [0, 0.05) is 32.4 Å². The second-order valence-corrected chi connectivity index (χ2v) is 6.58. The van der Waals surface area contributed by atoms with Crippen LogP contribution < -0.4 is 9.80 Å². The topological polar surface area (TPSA) is 41.5 Å². The Labute approximate surface area is 132 Å². The molecule has 1 aliphatic carbocycles. The summed E-state index contributed by atoms with van der Waals surface area (Å²) in [6.07, 6.45) is -1.65. The first kappa shape index (κ1) is 15.0. The number of rotatable bonds is 2. The fraction of sp³-hybridized carbons (Fsp3) is 0.733. The summed E-state index contributed by atoms with van der Waals surface area (Å²) in [6.45, 7) is 3.14. The number of ether oxygens (including phenoxy) is 1. The second kappa shape index (κ2) is 5.22. The van der Waals surface area contributed by atoms with Crippen LogP contribution in [0.1, 0.15) is 12.8 Å². The van der Waals surface area contributed by atoms with Gasteiger partial charge >= 0.3 is 6.18 Å². The first-order chi connectivity index (χ1) is 11.0. The van der Waals surface area contributed by atoms with Crippen LogP contribution in [-0.2, 0) is 4.74 Å². The van der Waals surface area contributed by atoms with E-state index in [0.717, 1.165) is 18.9 Å². The lowest BCUT2D eigenvalue weighted by Gasteiger charge is -2.44. The number of morpholine rings is 1. The first-order valence-electron chi connectivity index (χ1n) is 7.97. The fourth-order valence-corrected chi connectivity index (χ4v) is 3.92. The molecule has 0 unspecified atom stereocenters. The van der Waals surface area contributed by atoms with Crippen LogP contribution in [0.2, 0.25) is 0 Å². The van der Waals surface area contributed by atoms with E-state index in [1.54, 1.807) is 17.2 Å². The number of halogens is 3. The Bertz CT molecular complexity index is 590. The molecule has 0 amide bonds. The van der Waals surface area contributed by atoms with Crippen LogP contribution in [0.4, 0.5) is 24.9 Å². The molecule has 1 aromatic rings. The maximum atomic E-state index is 13.4. The van der Waals surface area contributed by atoms with Gasteiger partial charge in [0.1, 0.15) is 5.82 Å². The van der Waals surface area contributed by atoms with E-state index in [9.17, 15) is 13.2 Å². The van der Waals surface area contributed by atoms with Crippen LogP contribution in [-0.4, -0.2) is 55.5 Å². The first-order valence-corrected chi connectivity index (χ1v) is 7.97. The Kier molecular flexibility index (Phi) is 3.40. The number of alkyl halides is 3. The van der Waals surface area contributed by atoms with Gasteiger partial charge < -0.3 is 14.5 Å². The molecule has 2 aliphatic heterocycles. The Morgan fingerprint density at radius 3 is 2.61 bits per heavy atom. The summed E-state index contributed by atoms with van der Waals surface area (Å²) < 4.78 is 45.6. The highest BCUT2D eigenvalue weighted by Crippen LogP contribution is 2.60. The van der Waals surface area contributed by atoms with Crippen molar-refractivity contribution in [3.05, 3.63) is 12.3 Å². The van der Waals surface area contributed by atoms with Crippen LogP contribution in [0.3, 0.4) is 0 Å². The van der Waals surface area contributed by atoms with Gasteiger partial charge in [-0.2, -0.15) is 18.2 Å². The predicted molar refractivity (Wildman–Crippen MR) is 78.5 cm³/mol. The molecule has 8 heteroatoms. The quantitative estimate of drug-likeness (QED) is 0.832. The van der Waals surface area contributed by atoms with E-state index in [0.29, 0.717) is 32.1 Å². The van der Waals surface area contributed by atoms with E-state index < -0.39 is 11.6 Å². The Hall–Kier alpha value is -1.57. The predicted octanol–water partition coefficient (Wildman–Crippen LogP) is 2.09. The van der Waals surface area contributed by atoms with Crippen molar-refractivity contribution in [3.63, 3.8) is 0 Å². The van der Waals surface area contributed by atoms with Gasteiger partial charge in [-0.1, -0.05) is 0 Å². The number of fused-ring (bicyclic) bond motifs is 1. The van der Waals surface area contributed by atoms with E-state index in [1.807, 2.05) is 0 Å². The van der Waals surface area contributed by atoms with E-state index in [4.69, 9.17) is 4.74 Å². The Morgan fingerprint density at radius 1 is 1.22 bits per heavy atom. The van der Waals surface area contributed by atoms with E-state index in [1.165, 1.54) is 0 Å². The third-order valence-electron chi connectivity index (χ3n) is 5.44. The van der Waals surface area contributed by atoms with Crippen molar-refractivity contribution in [3.8, 4) is 0 Å². The third-order valence-corrected chi connectivity index (χ3v) is 5.44. The van der Waals surface area contributed by atoms with Crippen LogP contribution >= 0.6 is 0 Å². The summed E-state index contributed by atoms with van der Waals surface area (Å²) >= 11 is 0. The summed E-state index contributed by atoms with van der Waals surface area (Å²) in [4.78, 5) is 12.5. The molecule has 5 nitrogen and oxygen atoms in total. The van der Waals surface area contributed by atoms with Gasteiger partial charge in [-0.15, -0.1) is 0 Å². The minimum absolute atomic E-state index is 0.0201. The molecule has 0 N–H and O–H groups in total. The van der Waals surface area contributed by atoms with Crippen molar-refractivity contribution in [2.45, 2.75) is 19.0 Å². The molecule has 2 saturated heterocycles. The number of anilines is 2. The molecular weight excluding hydrogens is 309 g/mol. The summed E-state index contributed by atoms with van der Waals surface area (Å²) in [6, 6.07) is 1.80. The van der Waals surface area contributed by atoms with Gasteiger partial charge in [0.2, 0.25) is 5.95 Å². The van der Waals surface area contributed by atoms with Crippen molar-refractivity contribution in [2.24, 2.45) is 11.3 Å². The number of aromatic nitrogens is 2. The van der Waals surface area contributed by atoms with Gasteiger partial charge in [-0.25, -0.2) is 4.98 Å². The molecule has 0 bridgehead atoms. The van der Waals surface area contributed by atoms with E-state index >= 15 is 0 Å². The average Bonchev–Trinajstić information content (AvgIpc) is 2.80. The summed E-state index contributed by atoms with van der Waals surface area (Å²) in [5.41, 5.74) is -1.55. The molecule has 2 atom stereocenters. The molecule has 4 rings (SSSR count). The van der Waals surface area contributed by atoms with Crippen molar-refractivity contribution in [2.75, 3.05) is 49.2 Å². The molecule has 126 valence electrons. The maximum Gasteiger partial charge on any atom is 0.396 e. The third kappa shape index (κ3) is 2.34. The summed E-state index contributed by atoms with van der Waals surface area (Å²) in [7, 11) is 0. The molecule has 0 aromatic carbocycles. The molecule has 3 fully saturated rings. The zero-order valence-electron chi connectivity index (χ0n) is 12.7. The molecular formula is C15H19F3N4O. The number of hydrogen-bond donors (Lipinski definition) is 0. The highest BCUT2D eigenvalue weighted by molar-refractivity contribution is 5.45. The monoisotopic (exact) mass is 328 g/mol. The van der Waals surface area contributed by atoms with E-state index in [-0.39, 0.29) is 18.9 Å². The van der Waals surface area contributed by atoms with Crippen molar-refractivity contribution in [1.29, 1.82) is 0 Å². The lowest BCUT2D eigenvalue weighted by atomic mass is 9.61. The fourth-order valence-electron chi connectivity index (χ4n) is 3.92. The highest BCUT2D eigenvalue weighted by atomic mass is 19.4. The molecule has 23 heavy (non-hydrogen) atoms. The molecule has 1 saturated carbocycles. The van der Waals surface area contributed by atoms with E-state index in [2.05, 4.69) is 14.9 Å². The van der Waals surface area contributed by atoms with Gasteiger partial charge in [-0.3, -0.25) is 0 Å². The zero-order chi connectivity index (χ0) is 16.1. The molecule has 1 aromatic heterocycles. The molecule has 3 heterocycles. The average molecular weight is 328 g/mol. The molecule has 0 radical (unpaired) electrons. The normalized spacial score (nSPS) is 31.0. The van der Waals surface area contributed by atoms with Crippen LogP contribution in [0, 0.1) is 11.3 Å². The molecule has 3 aliphatic rings. The van der Waals surface area contributed by atoms with Crippen LogP contribution in [0.25, 0.3) is 0 Å². The minimum atomic E-state index is -4.15. The SMILES string of the molecule is FC(F)(F)[C@]12CC[C@H]1CN(c1nccc(N3CCOCC3)n1)C2. The zero-order valence-corrected chi connectivity index (χ0v) is 12.7. The van der Waals surface area contributed by atoms with Gasteiger partial charge in [0.05, 0.1) is 18.6 Å². The second-order valence-electron chi connectivity index (χ2n) is 6.58. The van der Waals surface area contributed by atoms with Crippen LogP contribution in [0.5, 0.6) is 0 Å². The number of nitrogens with zero attached hydrogens (tertiary/aromatic N) is 4. The van der Waals surface area contributed by atoms with Gasteiger partial charge in [0.15, 0.2) is 0 Å². The van der Waals surface area contributed by atoms with Crippen molar-refractivity contribution < 1.29 is 17.9 Å². The van der Waals surface area contributed by atoms with Crippen molar-refractivity contribution in [1.82, 2.24) is 9.97 Å². The summed E-state index contributed by atoms with van der Waals surface area (Å²) in [5.74, 6) is 0.851. The lowest BCUT2D eigenvalue weighted by Crippen LogP contribution is -2.51. The van der Waals surface area contributed by atoms with Gasteiger partial charge in [-0.05, 0) is 24.8 Å².